The molecule has 4 rings (SSSR count). The van der Waals surface area contributed by atoms with Crippen LogP contribution in [0.2, 0.25) is 0 Å². The number of carbonyl (C=O) groups excluding carboxylic acids is 2. The largest absolute Gasteiger partial charge is 0.487 e. The summed E-state index contributed by atoms with van der Waals surface area (Å²) in [5, 5.41) is -0.218. The zero-order chi connectivity index (χ0) is 22.5. The van der Waals surface area contributed by atoms with E-state index in [2.05, 4.69) is 45.2 Å². The van der Waals surface area contributed by atoms with E-state index < -0.39 is 0 Å². The lowest BCUT2D eigenvalue weighted by Gasteiger charge is -2.12. The summed E-state index contributed by atoms with van der Waals surface area (Å²) in [6.07, 6.45) is 2.44. The van der Waals surface area contributed by atoms with Gasteiger partial charge < -0.3 is 4.74 Å². The van der Waals surface area contributed by atoms with Gasteiger partial charge in [-0.05, 0) is 98.3 Å². The van der Waals surface area contributed by atoms with Crippen LogP contribution in [0.5, 0.6) is 5.75 Å². The molecule has 1 fully saturated rings. The topological polar surface area (TPSA) is 46.6 Å². The van der Waals surface area contributed by atoms with E-state index in [1.54, 1.807) is 6.08 Å². The second-order valence-corrected chi connectivity index (χ2v) is 10.5. The van der Waals surface area contributed by atoms with Crippen molar-refractivity contribution in [3.05, 3.63) is 102 Å². The quantitative estimate of drug-likeness (QED) is 0.207. The summed E-state index contributed by atoms with van der Waals surface area (Å²) in [7, 11) is 0. The zero-order valence-electron chi connectivity index (χ0n) is 17.0. The van der Waals surface area contributed by atoms with Crippen molar-refractivity contribution in [3.63, 3.8) is 0 Å². The van der Waals surface area contributed by atoms with Gasteiger partial charge in [0.05, 0.1) is 12.0 Å². The van der Waals surface area contributed by atoms with Crippen LogP contribution in [-0.2, 0) is 17.8 Å². The highest BCUT2D eigenvalue weighted by atomic mass is 127. The van der Waals surface area contributed by atoms with Gasteiger partial charge in [-0.2, -0.15) is 0 Å². The van der Waals surface area contributed by atoms with Crippen LogP contribution in [0.4, 0.5) is 4.79 Å². The Bertz CT molecular complexity index is 1140. The molecule has 1 saturated heterocycles. The molecule has 0 aromatic heterocycles. The Balaban J connectivity index is 1.46. The van der Waals surface area contributed by atoms with E-state index in [1.807, 2.05) is 72.8 Å². The van der Waals surface area contributed by atoms with Gasteiger partial charge in [-0.3, -0.25) is 14.5 Å². The molecule has 0 atom stereocenters. The van der Waals surface area contributed by atoms with E-state index in [0.717, 1.165) is 41.3 Å². The van der Waals surface area contributed by atoms with Gasteiger partial charge in [0.25, 0.3) is 11.1 Å². The minimum Gasteiger partial charge on any atom is -0.487 e. The minimum atomic E-state index is -0.231. The molecule has 4 nitrogen and oxygen atoms in total. The van der Waals surface area contributed by atoms with Crippen LogP contribution in [0, 0.1) is 7.14 Å². The molecule has 32 heavy (non-hydrogen) atoms. The van der Waals surface area contributed by atoms with Crippen LogP contribution in [0.15, 0.2) is 77.7 Å². The molecule has 3 aromatic carbocycles. The number of imide groups is 1. The van der Waals surface area contributed by atoms with E-state index in [-0.39, 0.29) is 11.1 Å². The summed E-state index contributed by atoms with van der Waals surface area (Å²) < 4.78 is 7.95. The van der Waals surface area contributed by atoms with E-state index >= 15 is 0 Å². The number of thioether (sulfide) groups is 1. The van der Waals surface area contributed by atoms with E-state index in [1.165, 1.54) is 4.90 Å². The van der Waals surface area contributed by atoms with Gasteiger partial charge in [-0.25, -0.2) is 0 Å². The molecule has 0 bridgehead atoms. The van der Waals surface area contributed by atoms with E-state index in [0.29, 0.717) is 24.5 Å². The number of ether oxygens (including phenoxy) is 1. The minimum absolute atomic E-state index is 0.218. The standard InChI is InChI=1S/C25H19I2NO3S/c26-20-13-19(14-21(27)23(20)31-16-18-9-5-2-6-10-18)15-22-24(29)28(25(30)32-22)12-11-17-7-3-1-4-8-17/h1-10,13-15H,11-12,16H2/b22-15+. The summed E-state index contributed by atoms with van der Waals surface area (Å²) in [4.78, 5) is 27.0. The molecule has 1 aliphatic heterocycles. The van der Waals surface area contributed by atoms with Gasteiger partial charge in [0.15, 0.2) is 0 Å². The van der Waals surface area contributed by atoms with Crippen molar-refractivity contribution in [1.29, 1.82) is 0 Å². The van der Waals surface area contributed by atoms with Crippen molar-refractivity contribution < 1.29 is 14.3 Å². The van der Waals surface area contributed by atoms with E-state index in [4.69, 9.17) is 4.74 Å². The maximum atomic E-state index is 12.8. The summed E-state index contributed by atoms with van der Waals surface area (Å²) in [6.45, 7) is 0.875. The number of halogens is 2. The molecule has 162 valence electrons. The molecule has 0 unspecified atom stereocenters. The molecule has 1 heterocycles. The number of benzene rings is 3. The lowest BCUT2D eigenvalue weighted by Crippen LogP contribution is -2.30. The first-order valence-electron chi connectivity index (χ1n) is 9.96. The van der Waals surface area contributed by atoms with E-state index in [9.17, 15) is 9.59 Å². The summed E-state index contributed by atoms with van der Waals surface area (Å²) in [5.74, 6) is 0.591. The van der Waals surface area contributed by atoms with Crippen molar-refractivity contribution >= 4 is 74.2 Å². The van der Waals surface area contributed by atoms with Crippen molar-refractivity contribution in [3.8, 4) is 5.75 Å². The molecule has 3 aromatic rings. The molecule has 0 radical (unpaired) electrons. The smallest absolute Gasteiger partial charge is 0.293 e. The third-order valence-electron chi connectivity index (χ3n) is 4.88. The monoisotopic (exact) mass is 667 g/mol. The highest BCUT2D eigenvalue weighted by molar-refractivity contribution is 14.1. The lowest BCUT2D eigenvalue weighted by atomic mass is 10.1. The number of hydrogen-bond donors (Lipinski definition) is 0. The molecule has 7 heteroatoms. The van der Waals surface area contributed by atoms with Crippen LogP contribution < -0.4 is 4.74 Å². The SMILES string of the molecule is O=C1S/C(=C/c2cc(I)c(OCc3ccccc3)c(I)c2)C(=O)N1CCc1ccccc1. The maximum Gasteiger partial charge on any atom is 0.293 e. The number of amides is 2. The third-order valence-corrected chi connectivity index (χ3v) is 7.39. The molecule has 0 N–H and O–H groups in total. The second kappa shape index (κ2) is 10.8. The normalized spacial score (nSPS) is 14.9. The second-order valence-electron chi connectivity index (χ2n) is 7.16. The number of rotatable bonds is 7. The average molecular weight is 667 g/mol. The fourth-order valence-corrected chi connectivity index (χ4v) is 6.25. The van der Waals surface area contributed by atoms with Gasteiger partial charge in [0, 0.05) is 6.54 Å². The third kappa shape index (κ3) is 5.74. The zero-order valence-corrected chi connectivity index (χ0v) is 22.1. The predicted octanol–water partition coefficient (Wildman–Crippen LogP) is 6.75. The Labute approximate surface area is 218 Å². The first-order chi connectivity index (χ1) is 15.5. The molecule has 1 aliphatic rings. The van der Waals surface area contributed by atoms with Gasteiger partial charge in [0.1, 0.15) is 12.4 Å². The fourth-order valence-electron chi connectivity index (χ4n) is 3.26. The van der Waals surface area contributed by atoms with Crippen LogP contribution in [0.25, 0.3) is 6.08 Å². The fraction of sp³-hybridized carbons (Fsp3) is 0.120. The molecule has 0 aliphatic carbocycles. The van der Waals surface area contributed by atoms with Crippen LogP contribution >= 0.6 is 56.9 Å². The molecular formula is C25H19I2NO3S. The molecular weight excluding hydrogens is 648 g/mol. The lowest BCUT2D eigenvalue weighted by molar-refractivity contribution is -0.122. The number of hydrogen-bond acceptors (Lipinski definition) is 4. The van der Waals surface area contributed by atoms with Crippen LogP contribution in [-0.4, -0.2) is 22.6 Å². The Hall–Kier alpha value is -1.85. The Morgan fingerprint density at radius 1 is 0.875 bits per heavy atom. The van der Waals surface area contributed by atoms with Crippen molar-refractivity contribution in [2.24, 2.45) is 0 Å². The van der Waals surface area contributed by atoms with Crippen molar-refractivity contribution in [2.75, 3.05) is 6.54 Å². The Morgan fingerprint density at radius 2 is 1.47 bits per heavy atom. The van der Waals surface area contributed by atoms with Crippen LogP contribution in [0.1, 0.15) is 16.7 Å². The van der Waals surface area contributed by atoms with Crippen LogP contribution in [0.3, 0.4) is 0 Å². The number of nitrogens with zero attached hydrogens (tertiary/aromatic N) is 1. The first kappa shape index (κ1) is 23.3. The molecule has 0 spiro atoms. The Kier molecular flexibility index (Phi) is 7.90. The highest BCUT2D eigenvalue weighted by Gasteiger charge is 2.34. The first-order valence-corrected chi connectivity index (χ1v) is 12.9. The van der Waals surface area contributed by atoms with Gasteiger partial charge in [-0.1, -0.05) is 60.7 Å². The molecule has 0 saturated carbocycles. The predicted molar refractivity (Wildman–Crippen MR) is 145 cm³/mol. The maximum absolute atomic E-state index is 12.8. The summed E-state index contributed by atoms with van der Waals surface area (Å²) in [5.41, 5.74) is 3.08. The van der Waals surface area contributed by atoms with Gasteiger partial charge in [0.2, 0.25) is 0 Å². The summed E-state index contributed by atoms with van der Waals surface area (Å²) >= 11 is 5.49. The van der Waals surface area contributed by atoms with Crippen molar-refractivity contribution in [1.82, 2.24) is 4.90 Å². The Morgan fingerprint density at radius 3 is 2.09 bits per heavy atom. The van der Waals surface area contributed by atoms with Gasteiger partial charge in [-0.15, -0.1) is 0 Å². The van der Waals surface area contributed by atoms with Crippen molar-refractivity contribution in [2.45, 2.75) is 13.0 Å². The molecule has 2 amide bonds. The summed E-state index contributed by atoms with van der Waals surface area (Å²) in [6, 6.07) is 23.8. The van der Waals surface area contributed by atoms with Gasteiger partial charge >= 0.3 is 0 Å². The average Bonchev–Trinajstić information content (AvgIpc) is 3.05. The number of carbonyl (C=O) groups is 2. The highest BCUT2D eigenvalue weighted by Crippen LogP contribution is 2.35.